The second-order valence-electron chi connectivity index (χ2n) is 13.8. The first-order valence-electron chi connectivity index (χ1n) is 15.7. The maximum Gasteiger partial charge on any atom is 0.410 e. The van der Waals surface area contributed by atoms with Gasteiger partial charge in [-0.3, -0.25) is 4.68 Å². The summed E-state index contributed by atoms with van der Waals surface area (Å²) in [7, 11) is 0. The highest BCUT2D eigenvalue weighted by Crippen LogP contribution is 2.28. The van der Waals surface area contributed by atoms with Crippen LogP contribution in [0.4, 0.5) is 26.9 Å². The Morgan fingerprint density at radius 1 is 0.891 bits per heavy atom. The van der Waals surface area contributed by atoms with Crippen LogP contribution in [0.25, 0.3) is 11.1 Å². The molecule has 3 aromatic rings. The Balaban J connectivity index is 1.17. The van der Waals surface area contributed by atoms with Crippen LogP contribution in [0.15, 0.2) is 43.0 Å². The molecule has 2 aliphatic heterocycles. The minimum absolute atomic E-state index is 0.0103. The van der Waals surface area contributed by atoms with Crippen molar-refractivity contribution in [2.75, 3.05) is 36.8 Å². The molecule has 46 heavy (non-hydrogen) atoms. The average Bonchev–Trinajstić information content (AvgIpc) is 3.67. The predicted molar refractivity (Wildman–Crippen MR) is 174 cm³/mol. The van der Waals surface area contributed by atoms with Crippen molar-refractivity contribution >= 4 is 29.5 Å². The van der Waals surface area contributed by atoms with Crippen LogP contribution < -0.4 is 10.6 Å². The fraction of sp³-hybridized carbons (Fsp3) is 0.515. The molecule has 0 spiro atoms. The van der Waals surface area contributed by atoms with Crippen LogP contribution in [0.2, 0.25) is 0 Å². The molecule has 1 unspecified atom stereocenters. The SMILES string of the molecule is CC(C)(C)OC(=O)N1CCC(n2cc(-c3cnc(Nc4ccc(C#N)c(NC5CCN(C(=O)OC(C)(C)C)C5)c4)nc3)cn2)CC1. The summed E-state index contributed by atoms with van der Waals surface area (Å²) in [6, 6.07) is 7.82. The molecule has 13 nitrogen and oxygen atoms in total. The Kier molecular flexibility index (Phi) is 9.37. The van der Waals surface area contributed by atoms with Gasteiger partial charge in [-0.1, -0.05) is 0 Å². The van der Waals surface area contributed by atoms with Gasteiger partial charge in [0.05, 0.1) is 23.5 Å². The van der Waals surface area contributed by atoms with Gasteiger partial charge < -0.3 is 29.9 Å². The largest absolute Gasteiger partial charge is 0.444 e. The highest BCUT2D eigenvalue weighted by Gasteiger charge is 2.30. The third-order valence-corrected chi connectivity index (χ3v) is 7.67. The van der Waals surface area contributed by atoms with Gasteiger partial charge in [0.15, 0.2) is 0 Å². The van der Waals surface area contributed by atoms with Gasteiger partial charge in [0.25, 0.3) is 0 Å². The van der Waals surface area contributed by atoms with E-state index in [0.717, 1.165) is 36.1 Å². The average molecular weight is 630 g/mol. The van der Waals surface area contributed by atoms with E-state index in [1.165, 1.54) is 0 Å². The van der Waals surface area contributed by atoms with Crippen LogP contribution in [0.1, 0.15) is 72.4 Å². The zero-order chi connectivity index (χ0) is 33.1. The van der Waals surface area contributed by atoms with Crippen LogP contribution in [-0.4, -0.2) is 85.2 Å². The Labute approximate surface area is 269 Å². The molecule has 0 saturated carbocycles. The van der Waals surface area contributed by atoms with Crippen LogP contribution in [0.5, 0.6) is 0 Å². The van der Waals surface area contributed by atoms with Gasteiger partial charge in [-0.25, -0.2) is 19.6 Å². The third-order valence-electron chi connectivity index (χ3n) is 7.67. The van der Waals surface area contributed by atoms with Gasteiger partial charge >= 0.3 is 12.2 Å². The summed E-state index contributed by atoms with van der Waals surface area (Å²) in [5.74, 6) is 0.415. The van der Waals surface area contributed by atoms with E-state index < -0.39 is 11.2 Å². The van der Waals surface area contributed by atoms with E-state index >= 15 is 0 Å². The maximum atomic E-state index is 12.5. The van der Waals surface area contributed by atoms with Crippen molar-refractivity contribution in [3.05, 3.63) is 48.5 Å². The molecule has 2 aromatic heterocycles. The smallest absolute Gasteiger partial charge is 0.410 e. The number of piperidine rings is 1. The minimum atomic E-state index is -0.553. The van der Waals surface area contributed by atoms with E-state index in [2.05, 4.69) is 31.8 Å². The number of carbonyl (C=O) groups excluding carboxylic acids is 2. The second-order valence-corrected chi connectivity index (χ2v) is 13.8. The number of hydrogen-bond acceptors (Lipinski definition) is 10. The van der Waals surface area contributed by atoms with E-state index in [1.807, 2.05) is 58.5 Å². The summed E-state index contributed by atoms with van der Waals surface area (Å²) in [6.45, 7) is 13.5. The number of rotatable bonds is 6. The number of benzene rings is 1. The van der Waals surface area contributed by atoms with Crippen LogP contribution in [-0.2, 0) is 9.47 Å². The van der Waals surface area contributed by atoms with Crippen molar-refractivity contribution in [3.8, 4) is 17.2 Å². The van der Waals surface area contributed by atoms with Gasteiger partial charge in [-0.15, -0.1) is 0 Å². The molecule has 2 aliphatic rings. The fourth-order valence-electron chi connectivity index (χ4n) is 5.43. The minimum Gasteiger partial charge on any atom is -0.444 e. The van der Waals surface area contributed by atoms with Gasteiger partial charge in [0, 0.05) is 67.6 Å². The number of carbonyl (C=O) groups is 2. The maximum absolute atomic E-state index is 12.5. The molecule has 0 radical (unpaired) electrons. The molecule has 2 fully saturated rings. The molecule has 0 aliphatic carbocycles. The highest BCUT2D eigenvalue weighted by atomic mass is 16.6. The summed E-state index contributed by atoms with van der Waals surface area (Å²) < 4.78 is 13.0. The Morgan fingerprint density at radius 2 is 1.52 bits per heavy atom. The number of nitrogens with one attached hydrogen (secondary N) is 2. The number of nitriles is 1. The molecular weight excluding hydrogens is 586 g/mol. The molecule has 2 N–H and O–H groups in total. The van der Waals surface area contributed by atoms with E-state index in [0.29, 0.717) is 43.4 Å². The van der Waals surface area contributed by atoms with E-state index in [4.69, 9.17) is 9.47 Å². The standard InChI is InChI=1S/C33H43N9O4/c1-32(2,3)45-30(43)40-13-10-27(11-14-40)42-20-24(19-37-42)23-17-35-29(36-18-23)39-25-8-7-22(16-34)28(15-25)38-26-9-12-41(21-26)31(44)46-33(4,5)6/h7-8,15,17-20,26-27,38H,9-14,21H2,1-6H3,(H,35,36,39). The summed E-state index contributed by atoms with van der Waals surface area (Å²) in [5.41, 5.74) is 2.58. The fourth-order valence-corrected chi connectivity index (χ4v) is 5.43. The normalized spacial score (nSPS) is 17.4. The van der Waals surface area contributed by atoms with Crippen molar-refractivity contribution < 1.29 is 19.1 Å². The van der Waals surface area contributed by atoms with Gasteiger partial charge in [-0.05, 0) is 79.0 Å². The number of aromatic nitrogens is 4. The van der Waals surface area contributed by atoms with Crippen molar-refractivity contribution in [1.82, 2.24) is 29.5 Å². The molecule has 5 rings (SSSR count). The molecule has 0 bridgehead atoms. The molecule has 13 heteroatoms. The number of likely N-dealkylation sites (tertiary alicyclic amines) is 2. The third kappa shape index (κ3) is 8.44. The molecule has 1 aromatic carbocycles. The molecule has 2 amide bonds. The lowest BCUT2D eigenvalue weighted by atomic mass is 10.1. The summed E-state index contributed by atoms with van der Waals surface area (Å²) in [4.78, 5) is 37.3. The Bertz CT molecular complexity index is 1580. The highest BCUT2D eigenvalue weighted by molar-refractivity contribution is 5.71. The molecule has 244 valence electrons. The zero-order valence-electron chi connectivity index (χ0n) is 27.4. The van der Waals surface area contributed by atoms with E-state index in [9.17, 15) is 14.9 Å². The lowest BCUT2D eigenvalue weighted by molar-refractivity contribution is 0.0184. The molecule has 1 atom stereocenters. The summed E-state index contributed by atoms with van der Waals surface area (Å²) in [6.07, 6.45) is 9.01. The second kappa shape index (κ2) is 13.2. The van der Waals surface area contributed by atoms with Crippen LogP contribution in [0.3, 0.4) is 0 Å². The van der Waals surface area contributed by atoms with Crippen molar-refractivity contribution in [2.24, 2.45) is 0 Å². The quantitative estimate of drug-likeness (QED) is 0.335. The molecule has 4 heterocycles. The number of nitrogens with zero attached hydrogens (tertiary/aromatic N) is 7. The first-order chi connectivity index (χ1) is 21.8. The number of ether oxygens (including phenoxy) is 2. The van der Waals surface area contributed by atoms with Gasteiger partial charge in [-0.2, -0.15) is 10.4 Å². The van der Waals surface area contributed by atoms with E-state index in [-0.39, 0.29) is 24.3 Å². The van der Waals surface area contributed by atoms with E-state index in [1.54, 1.807) is 40.5 Å². The number of amides is 2. The lowest BCUT2D eigenvalue weighted by Crippen LogP contribution is -2.42. The Morgan fingerprint density at radius 3 is 2.15 bits per heavy atom. The predicted octanol–water partition coefficient (Wildman–Crippen LogP) is 5.95. The number of hydrogen-bond donors (Lipinski definition) is 2. The summed E-state index contributed by atoms with van der Waals surface area (Å²) >= 11 is 0. The topological polar surface area (TPSA) is 151 Å². The van der Waals surface area contributed by atoms with Crippen molar-refractivity contribution in [1.29, 1.82) is 5.26 Å². The van der Waals surface area contributed by atoms with Gasteiger partial charge in [0.1, 0.15) is 17.3 Å². The monoisotopic (exact) mass is 629 g/mol. The van der Waals surface area contributed by atoms with Crippen molar-refractivity contribution in [2.45, 2.75) is 84.1 Å². The zero-order valence-corrected chi connectivity index (χ0v) is 27.4. The first-order valence-corrected chi connectivity index (χ1v) is 15.7. The molecular formula is C33H43N9O4. The number of anilines is 3. The summed E-state index contributed by atoms with van der Waals surface area (Å²) in [5, 5.41) is 20.9. The van der Waals surface area contributed by atoms with Gasteiger partial charge in [0.2, 0.25) is 5.95 Å². The van der Waals surface area contributed by atoms with Crippen LogP contribution in [0, 0.1) is 11.3 Å². The molecule has 2 saturated heterocycles. The Hall–Kier alpha value is -4.86. The van der Waals surface area contributed by atoms with Crippen molar-refractivity contribution in [3.63, 3.8) is 0 Å². The first kappa shape index (κ1) is 32.5. The lowest BCUT2D eigenvalue weighted by Gasteiger charge is -2.33. The van der Waals surface area contributed by atoms with Crippen LogP contribution >= 0.6 is 0 Å².